The summed E-state index contributed by atoms with van der Waals surface area (Å²) in [5, 5.41) is 0.709. The first-order valence-electron chi connectivity index (χ1n) is 11.4. The van der Waals surface area contributed by atoms with Crippen LogP contribution in [0.25, 0.3) is 0 Å². The van der Waals surface area contributed by atoms with Crippen LogP contribution in [0.5, 0.6) is 0 Å². The number of hydrogen-bond donors (Lipinski definition) is 0. The van der Waals surface area contributed by atoms with Gasteiger partial charge >= 0.3 is 0 Å². The minimum atomic E-state index is 0.231. The van der Waals surface area contributed by atoms with Gasteiger partial charge in [0.25, 0.3) is 0 Å². The molecule has 2 aliphatic heterocycles. The molecule has 1 spiro atoms. The Balaban J connectivity index is 1.19. The van der Waals surface area contributed by atoms with Crippen LogP contribution in [0.3, 0.4) is 0 Å². The summed E-state index contributed by atoms with van der Waals surface area (Å²) in [7, 11) is 0. The molecular weight excluding hydrogens is 416 g/mol. The molecule has 0 N–H and O–H groups in total. The third-order valence-corrected chi connectivity index (χ3v) is 7.27. The van der Waals surface area contributed by atoms with Crippen molar-refractivity contribution in [1.82, 2.24) is 9.80 Å². The topological polar surface area (TPSA) is 23.6 Å². The Hall–Kier alpha value is -2.62. The average molecular weight is 445 g/mol. The van der Waals surface area contributed by atoms with Gasteiger partial charge in [0.05, 0.1) is 6.42 Å². The van der Waals surface area contributed by atoms with E-state index in [-0.39, 0.29) is 11.3 Å². The first-order valence-corrected chi connectivity index (χ1v) is 11.8. The van der Waals surface area contributed by atoms with E-state index in [4.69, 9.17) is 11.6 Å². The monoisotopic (exact) mass is 444 g/mol. The van der Waals surface area contributed by atoms with Crippen LogP contribution in [0.2, 0.25) is 5.02 Å². The second-order valence-corrected chi connectivity index (χ2v) is 9.85. The van der Waals surface area contributed by atoms with Gasteiger partial charge in [-0.15, -0.1) is 0 Å². The van der Waals surface area contributed by atoms with Gasteiger partial charge in [-0.25, -0.2) is 0 Å². The number of halogens is 1. The third kappa shape index (κ3) is 4.60. The van der Waals surface area contributed by atoms with Crippen molar-refractivity contribution in [2.24, 2.45) is 5.41 Å². The lowest BCUT2D eigenvalue weighted by Gasteiger charge is -2.49. The van der Waals surface area contributed by atoms with Gasteiger partial charge < -0.3 is 9.80 Å². The Morgan fingerprint density at radius 2 is 1.44 bits per heavy atom. The summed E-state index contributed by atoms with van der Waals surface area (Å²) in [5.41, 5.74) is 4.04. The fraction of sp³-hybridized carbons (Fsp3) is 0.321. The van der Waals surface area contributed by atoms with Gasteiger partial charge in [0.15, 0.2) is 0 Å². The highest BCUT2D eigenvalue weighted by Gasteiger charge is 2.48. The predicted molar refractivity (Wildman–Crippen MR) is 130 cm³/mol. The molecule has 2 heterocycles. The van der Waals surface area contributed by atoms with Crippen LogP contribution in [-0.4, -0.2) is 48.4 Å². The van der Waals surface area contributed by atoms with Gasteiger partial charge in [-0.2, -0.15) is 0 Å². The summed E-state index contributed by atoms with van der Waals surface area (Å²) < 4.78 is 0. The third-order valence-electron chi connectivity index (χ3n) is 7.02. The van der Waals surface area contributed by atoms with Crippen molar-refractivity contribution in [2.45, 2.75) is 18.8 Å². The zero-order valence-corrected chi connectivity index (χ0v) is 19.0. The SMILES string of the molecule is O=C(Cc1ccc(Cl)cc1)N1CCC2(CN(CC(c3ccccc3)c3ccccc3)C2)C1. The summed E-state index contributed by atoms with van der Waals surface area (Å²) >= 11 is 5.97. The van der Waals surface area contributed by atoms with Crippen molar-refractivity contribution in [3.8, 4) is 0 Å². The molecule has 4 heteroatoms. The Kier molecular flexibility index (Phi) is 6.03. The largest absolute Gasteiger partial charge is 0.342 e. The van der Waals surface area contributed by atoms with Crippen LogP contribution < -0.4 is 0 Å². The lowest BCUT2D eigenvalue weighted by Crippen LogP contribution is -2.58. The van der Waals surface area contributed by atoms with Gasteiger partial charge in [0.1, 0.15) is 0 Å². The molecule has 0 atom stereocenters. The molecule has 0 unspecified atom stereocenters. The van der Waals surface area contributed by atoms with Crippen molar-refractivity contribution in [2.75, 3.05) is 32.7 Å². The van der Waals surface area contributed by atoms with Crippen molar-refractivity contribution in [3.63, 3.8) is 0 Å². The Morgan fingerprint density at radius 3 is 2.03 bits per heavy atom. The second-order valence-electron chi connectivity index (χ2n) is 9.41. The number of carbonyl (C=O) groups is 1. The van der Waals surface area contributed by atoms with Gasteiger partial charge in [-0.05, 0) is 35.2 Å². The lowest BCUT2D eigenvalue weighted by atomic mass is 9.77. The molecule has 164 valence electrons. The number of rotatable bonds is 6. The molecule has 0 saturated carbocycles. The normalized spacial score (nSPS) is 17.6. The van der Waals surface area contributed by atoms with Crippen LogP contribution >= 0.6 is 11.6 Å². The van der Waals surface area contributed by atoms with E-state index in [9.17, 15) is 4.79 Å². The smallest absolute Gasteiger partial charge is 0.227 e. The molecule has 0 bridgehead atoms. The van der Waals surface area contributed by atoms with Crippen LogP contribution in [0, 0.1) is 5.41 Å². The molecule has 3 aromatic carbocycles. The quantitative estimate of drug-likeness (QED) is 0.518. The van der Waals surface area contributed by atoms with Crippen LogP contribution in [0.4, 0.5) is 0 Å². The zero-order chi connectivity index (χ0) is 22.0. The van der Waals surface area contributed by atoms with Crippen molar-refractivity contribution in [3.05, 3.63) is 107 Å². The minimum absolute atomic E-state index is 0.231. The summed E-state index contributed by atoms with van der Waals surface area (Å²) in [6.45, 7) is 4.94. The number of nitrogens with zero attached hydrogens (tertiary/aromatic N) is 2. The molecule has 0 aromatic heterocycles. The first kappa shape index (κ1) is 21.2. The second kappa shape index (κ2) is 9.09. The van der Waals surface area contributed by atoms with E-state index in [1.807, 2.05) is 24.3 Å². The zero-order valence-electron chi connectivity index (χ0n) is 18.3. The molecule has 5 rings (SSSR count). The van der Waals surface area contributed by atoms with E-state index < -0.39 is 0 Å². The summed E-state index contributed by atoms with van der Waals surface area (Å²) in [5.74, 6) is 0.605. The van der Waals surface area contributed by atoms with E-state index in [2.05, 4.69) is 70.5 Å². The summed E-state index contributed by atoms with van der Waals surface area (Å²) in [6.07, 6.45) is 1.57. The van der Waals surface area contributed by atoms with Crippen LogP contribution in [0.15, 0.2) is 84.9 Å². The molecule has 0 aliphatic carbocycles. The Labute approximate surface area is 195 Å². The molecule has 32 heavy (non-hydrogen) atoms. The fourth-order valence-electron chi connectivity index (χ4n) is 5.36. The number of carbonyl (C=O) groups excluding carboxylic acids is 1. The molecule has 0 radical (unpaired) electrons. The highest BCUT2D eigenvalue weighted by Crippen LogP contribution is 2.41. The van der Waals surface area contributed by atoms with E-state index in [0.717, 1.165) is 44.7 Å². The number of likely N-dealkylation sites (tertiary alicyclic amines) is 2. The first-order chi connectivity index (χ1) is 15.6. The standard InChI is InChI=1S/C28H29ClN2O/c29-25-13-11-22(12-14-25)17-27(32)31-16-15-28(21-31)19-30(20-28)18-26(23-7-3-1-4-8-23)24-9-5-2-6-10-24/h1-14,26H,15-21H2. The molecule has 3 aromatic rings. The van der Waals surface area contributed by atoms with Crippen molar-refractivity contribution < 1.29 is 4.79 Å². The number of hydrogen-bond acceptors (Lipinski definition) is 2. The van der Waals surface area contributed by atoms with Gasteiger partial charge in [0.2, 0.25) is 5.91 Å². The van der Waals surface area contributed by atoms with Crippen molar-refractivity contribution >= 4 is 17.5 Å². The highest BCUT2D eigenvalue weighted by molar-refractivity contribution is 6.30. The summed E-state index contributed by atoms with van der Waals surface area (Å²) in [6, 6.07) is 29.2. The summed E-state index contributed by atoms with van der Waals surface area (Å²) in [4.78, 5) is 17.5. The van der Waals surface area contributed by atoms with E-state index in [1.165, 1.54) is 11.1 Å². The van der Waals surface area contributed by atoms with E-state index in [0.29, 0.717) is 17.4 Å². The van der Waals surface area contributed by atoms with Gasteiger partial charge in [-0.1, -0.05) is 84.4 Å². The molecule has 3 nitrogen and oxygen atoms in total. The number of amides is 1. The van der Waals surface area contributed by atoms with Crippen LogP contribution in [0.1, 0.15) is 29.0 Å². The van der Waals surface area contributed by atoms with E-state index >= 15 is 0 Å². The van der Waals surface area contributed by atoms with Gasteiger partial charge in [0, 0.05) is 49.1 Å². The average Bonchev–Trinajstić information content (AvgIpc) is 3.25. The predicted octanol–water partition coefficient (Wildman–Crippen LogP) is 5.25. The Bertz CT molecular complexity index is 1010. The Morgan fingerprint density at radius 1 is 0.844 bits per heavy atom. The maximum absolute atomic E-state index is 12.8. The van der Waals surface area contributed by atoms with E-state index in [1.54, 1.807) is 0 Å². The molecule has 2 fully saturated rings. The van der Waals surface area contributed by atoms with Crippen molar-refractivity contribution in [1.29, 1.82) is 0 Å². The maximum atomic E-state index is 12.8. The van der Waals surface area contributed by atoms with Gasteiger partial charge in [-0.3, -0.25) is 4.79 Å². The fourth-order valence-corrected chi connectivity index (χ4v) is 5.48. The molecular formula is C28H29ClN2O. The molecule has 1 amide bonds. The molecule has 2 aliphatic rings. The molecule has 2 saturated heterocycles. The number of benzene rings is 3. The van der Waals surface area contributed by atoms with Crippen LogP contribution in [-0.2, 0) is 11.2 Å². The highest BCUT2D eigenvalue weighted by atomic mass is 35.5. The minimum Gasteiger partial charge on any atom is -0.342 e. The maximum Gasteiger partial charge on any atom is 0.227 e. The lowest BCUT2D eigenvalue weighted by molar-refractivity contribution is -0.130.